The zero-order chi connectivity index (χ0) is 13.0. The number of rotatable bonds is 4. The molecule has 2 aliphatic rings. The molecule has 4 nitrogen and oxygen atoms in total. The third kappa shape index (κ3) is 3.23. The van der Waals surface area contributed by atoms with Crippen LogP contribution < -0.4 is 5.32 Å². The summed E-state index contributed by atoms with van der Waals surface area (Å²) >= 11 is 0. The van der Waals surface area contributed by atoms with E-state index in [1.54, 1.807) is 0 Å². The molecule has 1 heterocycles. The van der Waals surface area contributed by atoms with E-state index in [0.29, 0.717) is 18.5 Å². The second-order valence-corrected chi connectivity index (χ2v) is 5.71. The molecule has 4 heteroatoms. The molecule has 0 radical (unpaired) electrons. The van der Waals surface area contributed by atoms with Crippen molar-refractivity contribution in [3.63, 3.8) is 0 Å². The van der Waals surface area contributed by atoms with E-state index in [9.17, 15) is 4.79 Å². The summed E-state index contributed by atoms with van der Waals surface area (Å²) in [5.74, 6) is 1.10. The number of hydrogen-bond donors (Lipinski definition) is 1. The summed E-state index contributed by atoms with van der Waals surface area (Å²) in [5.41, 5.74) is 0. The highest BCUT2D eigenvalue weighted by Gasteiger charge is 2.30. The molecular formula is C14H27N3O. The Kier molecular flexibility index (Phi) is 5.01. The molecule has 1 saturated heterocycles. The van der Waals surface area contributed by atoms with E-state index < -0.39 is 0 Å². The molecule has 0 spiro atoms. The van der Waals surface area contributed by atoms with Gasteiger partial charge in [0.2, 0.25) is 5.91 Å². The van der Waals surface area contributed by atoms with E-state index in [0.717, 1.165) is 32.1 Å². The molecule has 1 aliphatic carbocycles. The van der Waals surface area contributed by atoms with Crippen molar-refractivity contribution in [2.45, 2.75) is 38.6 Å². The maximum absolute atomic E-state index is 12.2. The summed E-state index contributed by atoms with van der Waals surface area (Å²) in [6.07, 6.45) is 5.18. The Bertz CT molecular complexity index is 276. The molecule has 0 bridgehead atoms. The van der Waals surface area contributed by atoms with Crippen LogP contribution in [0.2, 0.25) is 0 Å². The van der Waals surface area contributed by atoms with Gasteiger partial charge in [0.1, 0.15) is 0 Å². The van der Waals surface area contributed by atoms with Crippen molar-refractivity contribution in [2.75, 3.05) is 39.8 Å². The lowest BCUT2D eigenvalue weighted by atomic mass is 9.99. The van der Waals surface area contributed by atoms with Crippen molar-refractivity contribution in [1.29, 1.82) is 0 Å². The molecule has 1 aliphatic heterocycles. The quantitative estimate of drug-likeness (QED) is 0.809. The van der Waals surface area contributed by atoms with Crippen molar-refractivity contribution in [3.8, 4) is 0 Å². The van der Waals surface area contributed by atoms with Crippen molar-refractivity contribution >= 4 is 5.91 Å². The SMILES string of the molecule is CCC1CCCC1N(C)CC(=O)N1CCNCC1. The van der Waals surface area contributed by atoms with Gasteiger partial charge in [0.05, 0.1) is 6.54 Å². The highest BCUT2D eigenvalue weighted by molar-refractivity contribution is 5.78. The molecule has 2 rings (SSSR count). The molecule has 1 amide bonds. The molecule has 2 atom stereocenters. The first kappa shape index (κ1) is 13.8. The van der Waals surface area contributed by atoms with Gasteiger partial charge in [-0.15, -0.1) is 0 Å². The smallest absolute Gasteiger partial charge is 0.236 e. The van der Waals surface area contributed by atoms with Gasteiger partial charge in [-0.2, -0.15) is 0 Å². The van der Waals surface area contributed by atoms with Gasteiger partial charge in [0.15, 0.2) is 0 Å². The van der Waals surface area contributed by atoms with Gasteiger partial charge in [-0.25, -0.2) is 0 Å². The molecule has 0 aromatic rings. The van der Waals surface area contributed by atoms with Gasteiger partial charge in [0.25, 0.3) is 0 Å². The van der Waals surface area contributed by atoms with Crippen LogP contribution in [0.3, 0.4) is 0 Å². The Hall–Kier alpha value is -0.610. The van der Waals surface area contributed by atoms with Crippen molar-refractivity contribution in [2.24, 2.45) is 5.92 Å². The van der Waals surface area contributed by atoms with E-state index in [-0.39, 0.29) is 0 Å². The molecular weight excluding hydrogens is 226 g/mol. The van der Waals surface area contributed by atoms with Crippen LogP contribution in [-0.4, -0.2) is 61.5 Å². The predicted octanol–water partition coefficient (Wildman–Crippen LogP) is 0.929. The van der Waals surface area contributed by atoms with Gasteiger partial charge >= 0.3 is 0 Å². The third-order valence-corrected chi connectivity index (χ3v) is 4.56. The van der Waals surface area contributed by atoms with Gasteiger partial charge < -0.3 is 10.2 Å². The summed E-state index contributed by atoms with van der Waals surface area (Å²) in [7, 11) is 2.12. The molecule has 0 aromatic carbocycles. The summed E-state index contributed by atoms with van der Waals surface area (Å²) < 4.78 is 0. The predicted molar refractivity (Wildman–Crippen MR) is 73.5 cm³/mol. The molecule has 0 aromatic heterocycles. The van der Waals surface area contributed by atoms with Gasteiger partial charge in [-0.3, -0.25) is 9.69 Å². The highest BCUT2D eigenvalue weighted by atomic mass is 16.2. The minimum absolute atomic E-state index is 0.306. The Morgan fingerprint density at radius 3 is 2.72 bits per heavy atom. The van der Waals surface area contributed by atoms with Gasteiger partial charge in [-0.05, 0) is 25.8 Å². The second kappa shape index (κ2) is 6.53. The Morgan fingerprint density at radius 1 is 1.33 bits per heavy atom. The second-order valence-electron chi connectivity index (χ2n) is 5.71. The van der Waals surface area contributed by atoms with Crippen LogP contribution in [0.1, 0.15) is 32.6 Å². The zero-order valence-corrected chi connectivity index (χ0v) is 11.8. The molecule has 1 N–H and O–H groups in total. The van der Waals surface area contributed by atoms with Crippen molar-refractivity contribution in [3.05, 3.63) is 0 Å². The number of likely N-dealkylation sites (N-methyl/N-ethyl adjacent to an activating group) is 1. The largest absolute Gasteiger partial charge is 0.339 e. The Morgan fingerprint density at radius 2 is 2.06 bits per heavy atom. The van der Waals surface area contributed by atoms with E-state index in [1.807, 2.05) is 4.90 Å². The number of amides is 1. The first-order valence-corrected chi connectivity index (χ1v) is 7.41. The molecule has 1 saturated carbocycles. The first-order chi connectivity index (χ1) is 8.72. The summed E-state index contributed by atoms with van der Waals surface area (Å²) in [4.78, 5) is 16.5. The first-order valence-electron chi connectivity index (χ1n) is 7.41. The third-order valence-electron chi connectivity index (χ3n) is 4.56. The van der Waals surface area contributed by atoms with Crippen LogP contribution in [-0.2, 0) is 4.79 Å². The minimum atomic E-state index is 0.306. The van der Waals surface area contributed by atoms with Crippen LogP contribution in [0.15, 0.2) is 0 Å². The van der Waals surface area contributed by atoms with Gasteiger partial charge in [-0.1, -0.05) is 19.8 Å². The lowest BCUT2D eigenvalue weighted by Gasteiger charge is -2.33. The fourth-order valence-electron chi connectivity index (χ4n) is 3.42. The fourth-order valence-corrected chi connectivity index (χ4v) is 3.42. The van der Waals surface area contributed by atoms with Crippen LogP contribution in [0.4, 0.5) is 0 Å². The lowest BCUT2D eigenvalue weighted by molar-refractivity contribution is -0.133. The minimum Gasteiger partial charge on any atom is -0.339 e. The number of carbonyl (C=O) groups excluding carboxylic acids is 1. The number of nitrogens with zero attached hydrogens (tertiary/aromatic N) is 2. The Labute approximate surface area is 111 Å². The van der Waals surface area contributed by atoms with Crippen LogP contribution >= 0.6 is 0 Å². The maximum atomic E-state index is 12.2. The van der Waals surface area contributed by atoms with Crippen molar-refractivity contribution < 1.29 is 4.79 Å². The zero-order valence-electron chi connectivity index (χ0n) is 11.8. The number of hydrogen-bond acceptors (Lipinski definition) is 3. The van der Waals surface area contributed by atoms with E-state index >= 15 is 0 Å². The monoisotopic (exact) mass is 253 g/mol. The number of piperazine rings is 1. The molecule has 104 valence electrons. The normalized spacial score (nSPS) is 28.9. The number of nitrogens with one attached hydrogen (secondary N) is 1. The van der Waals surface area contributed by atoms with E-state index in [2.05, 4.69) is 24.2 Å². The van der Waals surface area contributed by atoms with Crippen LogP contribution in [0.25, 0.3) is 0 Å². The van der Waals surface area contributed by atoms with Crippen LogP contribution in [0, 0.1) is 5.92 Å². The highest BCUT2D eigenvalue weighted by Crippen LogP contribution is 2.31. The fraction of sp³-hybridized carbons (Fsp3) is 0.929. The summed E-state index contributed by atoms with van der Waals surface area (Å²) in [6.45, 7) is 6.49. The average molecular weight is 253 g/mol. The van der Waals surface area contributed by atoms with E-state index in [4.69, 9.17) is 0 Å². The van der Waals surface area contributed by atoms with Crippen LogP contribution in [0.5, 0.6) is 0 Å². The topological polar surface area (TPSA) is 35.6 Å². The maximum Gasteiger partial charge on any atom is 0.236 e. The summed E-state index contributed by atoms with van der Waals surface area (Å²) in [5, 5.41) is 3.29. The van der Waals surface area contributed by atoms with E-state index in [1.165, 1.54) is 25.7 Å². The molecule has 2 fully saturated rings. The molecule has 18 heavy (non-hydrogen) atoms. The van der Waals surface area contributed by atoms with Gasteiger partial charge in [0, 0.05) is 32.2 Å². The summed E-state index contributed by atoms with van der Waals surface area (Å²) in [6, 6.07) is 0.627. The Balaban J connectivity index is 1.82. The lowest BCUT2D eigenvalue weighted by Crippen LogP contribution is -2.50. The molecule has 2 unspecified atom stereocenters. The average Bonchev–Trinajstić information content (AvgIpc) is 2.88. The van der Waals surface area contributed by atoms with Crippen molar-refractivity contribution in [1.82, 2.24) is 15.1 Å². The number of carbonyl (C=O) groups is 1. The standard InChI is InChI=1S/C14H27N3O/c1-3-12-5-4-6-13(12)16(2)11-14(18)17-9-7-15-8-10-17/h12-13,15H,3-11H2,1-2H3.